The molecular formula is C15H23N3O3. The lowest BCUT2D eigenvalue weighted by Gasteiger charge is -2.34. The van der Waals surface area contributed by atoms with Crippen molar-refractivity contribution in [2.75, 3.05) is 26.3 Å². The molecule has 4 N–H and O–H groups in total. The molecule has 1 heterocycles. The number of piperidine rings is 1. The highest BCUT2D eigenvalue weighted by Crippen LogP contribution is 2.17. The summed E-state index contributed by atoms with van der Waals surface area (Å²) in [5, 5.41) is 9.35. The van der Waals surface area contributed by atoms with Gasteiger partial charge in [-0.2, -0.15) is 0 Å². The number of nitrogens with zero attached hydrogens (tertiary/aromatic N) is 1. The number of nitrogen functional groups attached to an aromatic ring is 1. The third-order valence-electron chi connectivity index (χ3n) is 3.85. The summed E-state index contributed by atoms with van der Waals surface area (Å²) in [4.78, 5) is 13.6. The molecular weight excluding hydrogens is 270 g/mol. The predicted octanol–water partition coefficient (Wildman–Crippen LogP) is 0.516. The molecule has 1 aromatic carbocycles. The minimum absolute atomic E-state index is 0.211. The Hall–Kier alpha value is -1.63. The number of aliphatic hydroxyl groups excluding tert-OH is 1. The van der Waals surface area contributed by atoms with Crippen LogP contribution in [0.3, 0.4) is 0 Å². The quantitative estimate of drug-likeness (QED) is 0.404. The number of ether oxygens (including phenoxy) is 1. The van der Waals surface area contributed by atoms with Crippen LogP contribution in [0.5, 0.6) is 5.75 Å². The van der Waals surface area contributed by atoms with Gasteiger partial charge >= 0.3 is 0 Å². The van der Waals surface area contributed by atoms with E-state index in [0.717, 1.165) is 25.3 Å². The lowest BCUT2D eigenvalue weighted by molar-refractivity contribution is 0.0773. The first-order valence-electron chi connectivity index (χ1n) is 7.33. The topological polar surface area (TPSA) is 87.8 Å². The number of hydrazine groups is 1. The van der Waals surface area contributed by atoms with Crippen LogP contribution in [-0.2, 0) is 0 Å². The van der Waals surface area contributed by atoms with E-state index in [-0.39, 0.29) is 18.6 Å². The number of hydrogen-bond acceptors (Lipinski definition) is 5. The number of carbonyl (C=O) groups excluding carboxylic acids is 1. The molecule has 0 aromatic heterocycles. The third-order valence-corrected chi connectivity index (χ3v) is 3.85. The lowest BCUT2D eigenvalue weighted by Crippen LogP contribution is -2.43. The van der Waals surface area contributed by atoms with E-state index >= 15 is 0 Å². The summed E-state index contributed by atoms with van der Waals surface area (Å²) in [5.74, 6) is 5.48. The molecule has 116 valence electrons. The summed E-state index contributed by atoms with van der Waals surface area (Å²) < 4.78 is 5.68. The Labute approximate surface area is 124 Å². The SMILES string of the molecule is NNC(=O)c1ccc(OCCN2CCCCC2CO)cc1. The molecule has 0 bridgehead atoms. The second kappa shape index (κ2) is 7.97. The highest BCUT2D eigenvalue weighted by molar-refractivity contribution is 5.93. The van der Waals surface area contributed by atoms with Crippen LogP contribution in [0.2, 0.25) is 0 Å². The number of rotatable bonds is 6. The van der Waals surface area contributed by atoms with Crippen molar-refractivity contribution in [1.82, 2.24) is 10.3 Å². The van der Waals surface area contributed by atoms with Gasteiger partial charge in [0.1, 0.15) is 12.4 Å². The van der Waals surface area contributed by atoms with Crippen molar-refractivity contribution in [2.24, 2.45) is 5.84 Å². The molecule has 0 spiro atoms. The van der Waals surface area contributed by atoms with E-state index in [1.54, 1.807) is 24.3 Å². The Balaban J connectivity index is 1.79. The number of carbonyl (C=O) groups is 1. The van der Waals surface area contributed by atoms with E-state index in [1.807, 2.05) is 0 Å². The number of benzene rings is 1. The Bertz CT molecular complexity index is 450. The molecule has 1 fully saturated rings. The van der Waals surface area contributed by atoms with Crippen LogP contribution < -0.4 is 16.0 Å². The largest absolute Gasteiger partial charge is 0.492 e. The normalized spacial score (nSPS) is 19.2. The van der Waals surface area contributed by atoms with Crippen LogP contribution in [0.1, 0.15) is 29.6 Å². The van der Waals surface area contributed by atoms with Crippen LogP contribution in [0.15, 0.2) is 24.3 Å². The minimum atomic E-state index is -0.319. The minimum Gasteiger partial charge on any atom is -0.492 e. The van der Waals surface area contributed by atoms with E-state index in [1.165, 1.54) is 12.8 Å². The maximum atomic E-state index is 11.3. The second-order valence-corrected chi connectivity index (χ2v) is 5.21. The number of amides is 1. The van der Waals surface area contributed by atoms with Crippen molar-refractivity contribution in [3.63, 3.8) is 0 Å². The van der Waals surface area contributed by atoms with Crippen LogP contribution in [-0.4, -0.2) is 48.3 Å². The van der Waals surface area contributed by atoms with Gasteiger partial charge in [-0.3, -0.25) is 15.1 Å². The fourth-order valence-electron chi connectivity index (χ4n) is 2.63. The van der Waals surface area contributed by atoms with Gasteiger partial charge in [-0.25, -0.2) is 5.84 Å². The van der Waals surface area contributed by atoms with Crippen molar-refractivity contribution in [3.05, 3.63) is 29.8 Å². The molecule has 6 heteroatoms. The molecule has 0 saturated carbocycles. The first-order valence-corrected chi connectivity index (χ1v) is 7.33. The standard InChI is InChI=1S/C15H23N3O3/c16-17-15(20)12-4-6-14(7-5-12)21-10-9-18-8-2-1-3-13(18)11-19/h4-7,13,19H,1-3,8-11,16H2,(H,17,20). The molecule has 1 saturated heterocycles. The summed E-state index contributed by atoms with van der Waals surface area (Å²) in [5.41, 5.74) is 2.59. The van der Waals surface area contributed by atoms with E-state index in [0.29, 0.717) is 12.2 Å². The molecule has 1 aliphatic heterocycles. The summed E-state index contributed by atoms with van der Waals surface area (Å²) in [7, 11) is 0. The van der Waals surface area contributed by atoms with E-state index in [2.05, 4.69) is 10.3 Å². The van der Waals surface area contributed by atoms with Gasteiger partial charge in [0.25, 0.3) is 5.91 Å². The predicted molar refractivity (Wildman–Crippen MR) is 79.9 cm³/mol. The zero-order valence-electron chi connectivity index (χ0n) is 12.1. The molecule has 1 amide bonds. The van der Waals surface area contributed by atoms with Gasteiger partial charge in [-0.05, 0) is 43.7 Å². The molecule has 0 aliphatic carbocycles. The monoisotopic (exact) mass is 293 g/mol. The Morgan fingerprint density at radius 3 is 2.81 bits per heavy atom. The first-order chi connectivity index (χ1) is 10.2. The first kappa shape index (κ1) is 15.8. The molecule has 0 radical (unpaired) electrons. The van der Waals surface area contributed by atoms with Gasteiger partial charge in [-0.15, -0.1) is 0 Å². The maximum absolute atomic E-state index is 11.3. The molecule has 6 nitrogen and oxygen atoms in total. The molecule has 1 aliphatic rings. The van der Waals surface area contributed by atoms with Crippen LogP contribution in [0.4, 0.5) is 0 Å². The van der Waals surface area contributed by atoms with E-state index < -0.39 is 0 Å². The van der Waals surface area contributed by atoms with E-state index in [9.17, 15) is 9.90 Å². The van der Waals surface area contributed by atoms with Crippen molar-refractivity contribution >= 4 is 5.91 Å². The average Bonchev–Trinajstić information content (AvgIpc) is 2.55. The highest BCUT2D eigenvalue weighted by atomic mass is 16.5. The lowest BCUT2D eigenvalue weighted by atomic mass is 10.0. The summed E-state index contributed by atoms with van der Waals surface area (Å²) >= 11 is 0. The van der Waals surface area contributed by atoms with Crippen molar-refractivity contribution in [3.8, 4) is 5.75 Å². The fraction of sp³-hybridized carbons (Fsp3) is 0.533. The van der Waals surface area contributed by atoms with Crippen molar-refractivity contribution < 1.29 is 14.6 Å². The average molecular weight is 293 g/mol. The molecule has 2 rings (SSSR count). The zero-order valence-corrected chi connectivity index (χ0v) is 12.1. The number of nitrogens with one attached hydrogen (secondary N) is 1. The fourth-order valence-corrected chi connectivity index (χ4v) is 2.63. The maximum Gasteiger partial charge on any atom is 0.265 e. The number of aliphatic hydroxyl groups is 1. The highest BCUT2D eigenvalue weighted by Gasteiger charge is 2.20. The molecule has 21 heavy (non-hydrogen) atoms. The number of hydrogen-bond donors (Lipinski definition) is 3. The van der Waals surface area contributed by atoms with Gasteiger partial charge in [0.15, 0.2) is 0 Å². The number of nitrogens with two attached hydrogens (primary N) is 1. The Morgan fingerprint density at radius 2 is 2.14 bits per heavy atom. The molecule has 1 unspecified atom stereocenters. The summed E-state index contributed by atoms with van der Waals surface area (Å²) in [6, 6.07) is 7.12. The van der Waals surface area contributed by atoms with Gasteiger partial charge in [-0.1, -0.05) is 6.42 Å². The van der Waals surface area contributed by atoms with Crippen molar-refractivity contribution in [2.45, 2.75) is 25.3 Å². The summed E-state index contributed by atoms with van der Waals surface area (Å²) in [6.07, 6.45) is 3.42. The van der Waals surface area contributed by atoms with Crippen molar-refractivity contribution in [1.29, 1.82) is 0 Å². The van der Waals surface area contributed by atoms with Gasteiger partial charge in [0.2, 0.25) is 0 Å². The molecule has 1 aromatic rings. The number of likely N-dealkylation sites (tertiary alicyclic amines) is 1. The third kappa shape index (κ3) is 4.42. The zero-order chi connectivity index (χ0) is 15.1. The van der Waals surface area contributed by atoms with Crippen LogP contribution in [0.25, 0.3) is 0 Å². The summed E-state index contributed by atoms with van der Waals surface area (Å²) in [6.45, 7) is 2.60. The Morgan fingerprint density at radius 1 is 1.38 bits per heavy atom. The van der Waals surface area contributed by atoms with Gasteiger partial charge in [0, 0.05) is 18.2 Å². The van der Waals surface area contributed by atoms with Gasteiger partial charge < -0.3 is 9.84 Å². The Kier molecular flexibility index (Phi) is 5.98. The second-order valence-electron chi connectivity index (χ2n) is 5.21. The van der Waals surface area contributed by atoms with Crippen LogP contribution in [0, 0.1) is 0 Å². The van der Waals surface area contributed by atoms with Crippen LogP contribution >= 0.6 is 0 Å². The smallest absolute Gasteiger partial charge is 0.265 e. The molecule has 1 atom stereocenters. The van der Waals surface area contributed by atoms with Gasteiger partial charge in [0.05, 0.1) is 6.61 Å². The van der Waals surface area contributed by atoms with E-state index in [4.69, 9.17) is 10.6 Å².